The van der Waals surface area contributed by atoms with Gasteiger partial charge in [0.2, 0.25) is 0 Å². The van der Waals surface area contributed by atoms with Crippen molar-refractivity contribution in [2.75, 3.05) is 7.11 Å². The fourth-order valence-corrected chi connectivity index (χ4v) is 1.09. The summed E-state index contributed by atoms with van der Waals surface area (Å²) in [4.78, 5) is 32.8. The van der Waals surface area contributed by atoms with Gasteiger partial charge in [0.05, 0.1) is 19.1 Å². The molecule has 0 aromatic rings. The first-order chi connectivity index (χ1) is 7.34. The zero-order valence-electron chi connectivity index (χ0n) is 9.14. The third-order valence-electron chi connectivity index (χ3n) is 1.77. The van der Waals surface area contributed by atoms with E-state index in [1.165, 1.54) is 0 Å². The van der Waals surface area contributed by atoms with Crippen LogP contribution >= 0.6 is 0 Å². The monoisotopic (exact) mass is 230 g/mol. The number of carbonyl (C=O) groups excluding carboxylic acids is 3. The molecule has 7 nitrogen and oxygen atoms in total. The molecule has 0 radical (unpaired) electrons. The molecule has 0 atom stereocenters. The standard InChI is InChI=1S/C8H11BO7/c1-8(2)4-5(10)14-9(16-8)15-7(12)6(11)13-3/h4H2,1-3H3. The quantitative estimate of drug-likeness (QED) is 0.338. The number of ether oxygens (including phenoxy) is 1. The second-order valence-electron chi connectivity index (χ2n) is 3.73. The average Bonchev–Trinajstić information content (AvgIpc) is 2.12. The summed E-state index contributed by atoms with van der Waals surface area (Å²) in [5, 5.41) is 0. The van der Waals surface area contributed by atoms with Crippen molar-refractivity contribution in [3.8, 4) is 0 Å². The van der Waals surface area contributed by atoms with E-state index < -0.39 is 30.8 Å². The number of carbonyl (C=O) groups is 3. The Labute approximate surface area is 92.2 Å². The lowest BCUT2D eigenvalue weighted by Gasteiger charge is -2.31. The first-order valence-electron chi connectivity index (χ1n) is 4.50. The van der Waals surface area contributed by atoms with Gasteiger partial charge in [0, 0.05) is 0 Å². The second kappa shape index (κ2) is 4.52. The number of methoxy groups -OCH3 is 1. The van der Waals surface area contributed by atoms with Crippen molar-refractivity contribution in [2.24, 2.45) is 0 Å². The molecule has 1 fully saturated rings. The second-order valence-corrected chi connectivity index (χ2v) is 3.73. The summed E-state index contributed by atoms with van der Waals surface area (Å²) in [7, 11) is -0.482. The molecule has 0 aromatic heterocycles. The number of hydrogen-bond acceptors (Lipinski definition) is 7. The first-order valence-corrected chi connectivity index (χ1v) is 4.50. The molecule has 1 saturated heterocycles. The normalized spacial score (nSPS) is 18.7. The van der Waals surface area contributed by atoms with Gasteiger partial charge in [-0.05, 0) is 13.8 Å². The van der Waals surface area contributed by atoms with E-state index in [0.717, 1.165) is 7.11 Å². The Hall–Kier alpha value is -1.57. The van der Waals surface area contributed by atoms with Gasteiger partial charge >= 0.3 is 19.3 Å². The fraction of sp³-hybridized carbons (Fsp3) is 0.625. The molecule has 0 saturated carbocycles. The minimum absolute atomic E-state index is 0.0409. The topological polar surface area (TPSA) is 88.1 Å². The Morgan fingerprint density at radius 1 is 1.38 bits per heavy atom. The molecular formula is C8H11BO7. The van der Waals surface area contributed by atoms with Crippen molar-refractivity contribution in [1.82, 2.24) is 0 Å². The molecular weight excluding hydrogens is 219 g/mol. The summed E-state index contributed by atoms with van der Waals surface area (Å²) in [6.07, 6.45) is 0.0409. The van der Waals surface area contributed by atoms with Gasteiger partial charge in [0.15, 0.2) is 0 Å². The summed E-state index contributed by atoms with van der Waals surface area (Å²) in [6, 6.07) is 0. The van der Waals surface area contributed by atoms with Crippen LogP contribution in [-0.2, 0) is 33.1 Å². The van der Waals surface area contributed by atoms with Crippen LogP contribution < -0.4 is 0 Å². The molecule has 1 aliphatic rings. The summed E-state index contributed by atoms with van der Waals surface area (Å²) >= 11 is 0. The molecule has 0 spiro atoms. The molecule has 0 N–H and O–H groups in total. The average molecular weight is 230 g/mol. The Kier molecular flexibility index (Phi) is 3.53. The molecule has 0 aromatic carbocycles. The van der Waals surface area contributed by atoms with Crippen LogP contribution in [0.4, 0.5) is 0 Å². The number of esters is 1. The molecule has 0 unspecified atom stereocenters. The fourth-order valence-electron chi connectivity index (χ4n) is 1.09. The van der Waals surface area contributed by atoms with E-state index in [0.29, 0.717) is 0 Å². The van der Waals surface area contributed by atoms with Crippen LogP contribution in [-0.4, -0.2) is 37.9 Å². The summed E-state index contributed by atoms with van der Waals surface area (Å²) < 4.78 is 18.3. The highest BCUT2D eigenvalue weighted by Gasteiger charge is 2.45. The summed E-state index contributed by atoms with van der Waals surface area (Å²) in [6.45, 7) is 3.26. The van der Waals surface area contributed by atoms with Crippen LogP contribution in [0.15, 0.2) is 0 Å². The molecule has 16 heavy (non-hydrogen) atoms. The van der Waals surface area contributed by atoms with E-state index in [2.05, 4.69) is 14.0 Å². The molecule has 0 aliphatic carbocycles. The van der Waals surface area contributed by atoms with Gasteiger partial charge < -0.3 is 18.7 Å². The van der Waals surface area contributed by atoms with Crippen molar-refractivity contribution >= 4 is 25.2 Å². The van der Waals surface area contributed by atoms with E-state index >= 15 is 0 Å². The molecule has 1 heterocycles. The maximum atomic E-state index is 11.1. The third-order valence-corrected chi connectivity index (χ3v) is 1.77. The predicted octanol–water partition coefficient (Wildman–Crippen LogP) is -0.570. The van der Waals surface area contributed by atoms with E-state index in [1.54, 1.807) is 13.8 Å². The van der Waals surface area contributed by atoms with Gasteiger partial charge in [-0.1, -0.05) is 0 Å². The molecule has 8 heteroatoms. The van der Waals surface area contributed by atoms with E-state index in [1.807, 2.05) is 0 Å². The predicted molar refractivity (Wildman–Crippen MR) is 49.7 cm³/mol. The van der Waals surface area contributed by atoms with Gasteiger partial charge in [-0.15, -0.1) is 0 Å². The van der Waals surface area contributed by atoms with Crippen LogP contribution in [0, 0.1) is 0 Å². The summed E-state index contributed by atoms with van der Waals surface area (Å²) in [5.74, 6) is -3.04. The number of hydrogen-bond donors (Lipinski definition) is 0. The molecule has 1 rings (SSSR count). The zero-order valence-corrected chi connectivity index (χ0v) is 9.14. The van der Waals surface area contributed by atoms with Crippen molar-refractivity contribution in [3.05, 3.63) is 0 Å². The lowest BCUT2D eigenvalue weighted by Crippen LogP contribution is -2.48. The van der Waals surface area contributed by atoms with Crippen LogP contribution in [0.1, 0.15) is 20.3 Å². The van der Waals surface area contributed by atoms with Gasteiger partial charge in [0.25, 0.3) is 5.97 Å². The van der Waals surface area contributed by atoms with Crippen LogP contribution in [0.2, 0.25) is 0 Å². The maximum absolute atomic E-state index is 11.1. The van der Waals surface area contributed by atoms with Gasteiger partial charge in [0.1, 0.15) is 0 Å². The lowest BCUT2D eigenvalue weighted by atomic mass is 9.99. The lowest BCUT2D eigenvalue weighted by molar-refractivity contribution is -0.167. The van der Waals surface area contributed by atoms with Gasteiger partial charge in [-0.25, -0.2) is 9.59 Å². The highest BCUT2D eigenvalue weighted by atomic mass is 16.8. The van der Waals surface area contributed by atoms with Crippen LogP contribution in [0.3, 0.4) is 0 Å². The smallest absolute Gasteiger partial charge is 0.473 e. The first kappa shape index (κ1) is 12.5. The van der Waals surface area contributed by atoms with E-state index in [4.69, 9.17) is 4.65 Å². The van der Waals surface area contributed by atoms with E-state index in [9.17, 15) is 14.4 Å². The minimum atomic E-state index is -1.51. The molecule has 88 valence electrons. The Balaban J connectivity index is 2.58. The van der Waals surface area contributed by atoms with Crippen molar-refractivity contribution in [1.29, 1.82) is 0 Å². The van der Waals surface area contributed by atoms with Crippen LogP contribution in [0.25, 0.3) is 0 Å². The Morgan fingerprint density at radius 2 is 2.00 bits per heavy atom. The summed E-state index contributed by atoms with van der Waals surface area (Å²) in [5.41, 5.74) is -0.809. The molecule has 1 aliphatic heterocycles. The maximum Gasteiger partial charge on any atom is 0.792 e. The minimum Gasteiger partial charge on any atom is -0.473 e. The Bertz CT molecular complexity index is 324. The van der Waals surface area contributed by atoms with Gasteiger partial charge in [-0.2, -0.15) is 0 Å². The Morgan fingerprint density at radius 3 is 2.50 bits per heavy atom. The molecule has 0 amide bonds. The SMILES string of the molecule is COC(=O)C(=O)OB1OC(=O)CC(C)(C)O1. The van der Waals surface area contributed by atoms with Crippen molar-refractivity contribution < 1.29 is 33.1 Å². The zero-order chi connectivity index (χ0) is 12.3. The highest BCUT2D eigenvalue weighted by Crippen LogP contribution is 2.22. The highest BCUT2D eigenvalue weighted by molar-refractivity contribution is 6.47. The van der Waals surface area contributed by atoms with E-state index in [-0.39, 0.29) is 6.42 Å². The van der Waals surface area contributed by atoms with Crippen molar-refractivity contribution in [3.63, 3.8) is 0 Å². The number of rotatable bonds is 1. The van der Waals surface area contributed by atoms with Crippen molar-refractivity contribution in [2.45, 2.75) is 25.9 Å². The largest absolute Gasteiger partial charge is 0.792 e. The third kappa shape index (κ3) is 3.23. The van der Waals surface area contributed by atoms with Gasteiger partial charge in [-0.3, -0.25) is 4.79 Å². The van der Waals surface area contributed by atoms with Crippen LogP contribution in [0.5, 0.6) is 0 Å². The molecule has 0 bridgehead atoms.